The highest BCUT2D eigenvalue weighted by molar-refractivity contribution is 6.06. The fraction of sp³-hybridized carbons (Fsp3) is 0.250. The van der Waals surface area contributed by atoms with Crippen molar-refractivity contribution in [2.24, 2.45) is 7.05 Å². The third kappa shape index (κ3) is 1.56. The van der Waals surface area contributed by atoms with E-state index in [1.165, 1.54) is 17.0 Å². The normalized spacial score (nSPS) is 10.8. The molecule has 4 heteroatoms. The molecule has 0 aliphatic heterocycles. The second-order valence-electron chi connectivity index (χ2n) is 4.01. The molecule has 1 aromatic heterocycles. The molecule has 0 aliphatic carbocycles. The summed E-state index contributed by atoms with van der Waals surface area (Å²) in [6, 6.07) is 4.44. The lowest BCUT2D eigenvalue weighted by atomic mass is 10.1. The Morgan fingerprint density at radius 3 is 2.69 bits per heavy atom. The summed E-state index contributed by atoms with van der Waals surface area (Å²) in [5.74, 6) is -0.366. The number of rotatable bonds is 1. The van der Waals surface area contributed by atoms with Gasteiger partial charge >= 0.3 is 0 Å². The van der Waals surface area contributed by atoms with Crippen molar-refractivity contribution < 1.29 is 9.18 Å². The van der Waals surface area contributed by atoms with E-state index in [9.17, 15) is 9.18 Å². The maximum atomic E-state index is 13.1. The number of halogens is 1. The maximum absolute atomic E-state index is 13.1. The van der Waals surface area contributed by atoms with Gasteiger partial charge in [0.1, 0.15) is 5.82 Å². The maximum Gasteiger partial charge on any atom is 0.255 e. The van der Waals surface area contributed by atoms with Gasteiger partial charge in [0.15, 0.2) is 0 Å². The molecule has 1 aromatic carbocycles. The molecule has 2 aromatic rings. The molecule has 0 spiro atoms. The van der Waals surface area contributed by atoms with Crippen molar-refractivity contribution in [1.29, 1.82) is 0 Å². The van der Waals surface area contributed by atoms with E-state index in [1.807, 2.05) is 0 Å². The molecule has 2 rings (SSSR count). The third-order valence-electron chi connectivity index (χ3n) is 2.59. The van der Waals surface area contributed by atoms with E-state index in [4.69, 9.17) is 0 Å². The van der Waals surface area contributed by atoms with Gasteiger partial charge in [-0.2, -0.15) is 0 Å². The van der Waals surface area contributed by atoms with Gasteiger partial charge in [0, 0.05) is 32.7 Å². The van der Waals surface area contributed by atoms with Gasteiger partial charge < -0.3 is 9.47 Å². The summed E-state index contributed by atoms with van der Waals surface area (Å²) >= 11 is 0. The standard InChI is InChI=1S/C12H13FN2O/c1-14(2)12(16)10-7-15(3)11-6-8(13)4-5-9(10)11/h4-7H,1-3H3. The van der Waals surface area contributed by atoms with Gasteiger partial charge in [-0.25, -0.2) is 4.39 Å². The van der Waals surface area contributed by atoms with Gasteiger partial charge in [0.2, 0.25) is 0 Å². The number of aryl methyl sites for hydroxylation is 1. The topological polar surface area (TPSA) is 25.2 Å². The van der Waals surface area contributed by atoms with Gasteiger partial charge in [0.25, 0.3) is 5.91 Å². The number of hydrogen-bond donors (Lipinski definition) is 0. The number of nitrogens with zero attached hydrogens (tertiary/aromatic N) is 2. The zero-order valence-corrected chi connectivity index (χ0v) is 9.49. The predicted molar refractivity (Wildman–Crippen MR) is 60.9 cm³/mol. The number of hydrogen-bond acceptors (Lipinski definition) is 1. The quantitative estimate of drug-likeness (QED) is 0.721. The predicted octanol–water partition coefficient (Wildman–Crippen LogP) is 2.02. The van der Waals surface area contributed by atoms with Crippen molar-refractivity contribution in [3.63, 3.8) is 0 Å². The van der Waals surface area contributed by atoms with Crippen molar-refractivity contribution in [1.82, 2.24) is 9.47 Å². The summed E-state index contributed by atoms with van der Waals surface area (Å²) in [6.07, 6.45) is 1.73. The summed E-state index contributed by atoms with van der Waals surface area (Å²) in [5.41, 5.74) is 1.33. The molecule has 1 heterocycles. The lowest BCUT2D eigenvalue weighted by molar-refractivity contribution is 0.0829. The van der Waals surface area contributed by atoms with Crippen LogP contribution in [0.25, 0.3) is 10.9 Å². The van der Waals surface area contributed by atoms with Crippen LogP contribution in [0.3, 0.4) is 0 Å². The Bertz CT molecular complexity index is 557. The van der Waals surface area contributed by atoms with Crippen LogP contribution in [0.5, 0.6) is 0 Å². The highest BCUT2D eigenvalue weighted by atomic mass is 19.1. The first-order valence-corrected chi connectivity index (χ1v) is 4.97. The molecule has 0 atom stereocenters. The molecule has 0 radical (unpaired) electrons. The summed E-state index contributed by atoms with van der Waals surface area (Å²) in [4.78, 5) is 13.4. The zero-order valence-electron chi connectivity index (χ0n) is 9.49. The Kier molecular flexibility index (Phi) is 2.42. The van der Waals surface area contributed by atoms with Crippen molar-refractivity contribution in [3.05, 3.63) is 35.8 Å². The van der Waals surface area contributed by atoms with Gasteiger partial charge in [-0.05, 0) is 18.2 Å². The third-order valence-corrected chi connectivity index (χ3v) is 2.59. The molecule has 0 saturated carbocycles. The van der Waals surface area contributed by atoms with E-state index in [-0.39, 0.29) is 11.7 Å². The Balaban J connectivity index is 2.69. The van der Waals surface area contributed by atoms with E-state index < -0.39 is 0 Å². The molecular formula is C12H13FN2O. The molecule has 0 aliphatic rings. The van der Waals surface area contributed by atoms with Crippen LogP contribution in [0.15, 0.2) is 24.4 Å². The molecule has 84 valence electrons. The Labute approximate surface area is 93.1 Å². The highest BCUT2D eigenvalue weighted by Gasteiger charge is 2.15. The monoisotopic (exact) mass is 220 g/mol. The van der Waals surface area contributed by atoms with Crippen LogP contribution in [0.2, 0.25) is 0 Å². The van der Waals surface area contributed by atoms with Crippen LogP contribution in [-0.4, -0.2) is 29.5 Å². The first-order chi connectivity index (χ1) is 7.50. The average molecular weight is 220 g/mol. The number of carbonyl (C=O) groups is 1. The molecule has 0 fully saturated rings. The van der Waals surface area contributed by atoms with Crippen LogP contribution in [0.4, 0.5) is 4.39 Å². The Morgan fingerprint density at radius 2 is 2.06 bits per heavy atom. The lowest BCUT2D eigenvalue weighted by Gasteiger charge is -2.08. The number of benzene rings is 1. The SMILES string of the molecule is CN(C)C(=O)c1cn(C)c2cc(F)ccc12. The zero-order chi connectivity index (χ0) is 11.9. The largest absolute Gasteiger partial charge is 0.350 e. The second-order valence-corrected chi connectivity index (χ2v) is 4.01. The summed E-state index contributed by atoms with van der Waals surface area (Å²) in [6.45, 7) is 0. The molecule has 0 N–H and O–H groups in total. The minimum atomic E-state index is -0.294. The Morgan fingerprint density at radius 1 is 1.38 bits per heavy atom. The number of amides is 1. The highest BCUT2D eigenvalue weighted by Crippen LogP contribution is 2.22. The van der Waals surface area contributed by atoms with Gasteiger partial charge in [-0.3, -0.25) is 4.79 Å². The minimum absolute atomic E-state index is 0.0720. The van der Waals surface area contributed by atoms with E-state index in [0.717, 1.165) is 10.9 Å². The van der Waals surface area contributed by atoms with Crippen LogP contribution in [0, 0.1) is 5.82 Å². The molecular weight excluding hydrogens is 207 g/mol. The molecule has 0 bridgehead atoms. The van der Waals surface area contributed by atoms with E-state index in [0.29, 0.717) is 5.56 Å². The first-order valence-electron chi connectivity index (χ1n) is 4.97. The number of fused-ring (bicyclic) bond motifs is 1. The van der Waals surface area contributed by atoms with Gasteiger partial charge in [0.05, 0.1) is 11.1 Å². The summed E-state index contributed by atoms with van der Waals surface area (Å²) in [5, 5.41) is 0.780. The van der Waals surface area contributed by atoms with Crippen LogP contribution < -0.4 is 0 Å². The average Bonchev–Trinajstić information content (AvgIpc) is 2.55. The van der Waals surface area contributed by atoms with Crippen molar-refractivity contribution in [2.45, 2.75) is 0 Å². The van der Waals surface area contributed by atoms with Crippen molar-refractivity contribution in [2.75, 3.05) is 14.1 Å². The molecule has 1 amide bonds. The second kappa shape index (κ2) is 3.63. The Hall–Kier alpha value is -1.84. The number of aromatic nitrogens is 1. The smallest absolute Gasteiger partial charge is 0.255 e. The molecule has 16 heavy (non-hydrogen) atoms. The van der Waals surface area contributed by atoms with Crippen molar-refractivity contribution >= 4 is 16.8 Å². The van der Waals surface area contributed by atoms with Crippen LogP contribution >= 0.6 is 0 Å². The van der Waals surface area contributed by atoms with E-state index >= 15 is 0 Å². The van der Waals surface area contributed by atoms with E-state index in [1.54, 1.807) is 38.0 Å². The molecule has 0 saturated heterocycles. The summed E-state index contributed by atoms with van der Waals surface area (Å²) < 4.78 is 14.8. The summed E-state index contributed by atoms with van der Waals surface area (Å²) in [7, 11) is 5.20. The molecule has 3 nitrogen and oxygen atoms in total. The van der Waals surface area contributed by atoms with Crippen molar-refractivity contribution in [3.8, 4) is 0 Å². The van der Waals surface area contributed by atoms with Crippen LogP contribution in [0.1, 0.15) is 10.4 Å². The minimum Gasteiger partial charge on any atom is -0.350 e. The van der Waals surface area contributed by atoms with E-state index in [2.05, 4.69) is 0 Å². The van der Waals surface area contributed by atoms with Crippen LogP contribution in [-0.2, 0) is 7.05 Å². The fourth-order valence-electron chi connectivity index (χ4n) is 1.77. The fourth-order valence-corrected chi connectivity index (χ4v) is 1.77. The first kappa shape index (κ1) is 10.7. The lowest BCUT2D eigenvalue weighted by Crippen LogP contribution is -2.21. The number of carbonyl (C=O) groups excluding carboxylic acids is 1. The van der Waals surface area contributed by atoms with Gasteiger partial charge in [-0.15, -0.1) is 0 Å². The molecule has 0 unspecified atom stereocenters. The van der Waals surface area contributed by atoms with Gasteiger partial charge in [-0.1, -0.05) is 0 Å².